The third-order valence-electron chi connectivity index (χ3n) is 3.73. The minimum atomic E-state index is -0.0430. The van der Waals surface area contributed by atoms with Crippen molar-refractivity contribution in [3.63, 3.8) is 0 Å². The molecule has 2 N–H and O–H groups in total. The smallest absolute Gasteiger partial charge is 0.226 e. The summed E-state index contributed by atoms with van der Waals surface area (Å²) in [6, 6.07) is 0.299. The van der Waals surface area contributed by atoms with Gasteiger partial charge in [0.15, 0.2) is 0 Å². The van der Waals surface area contributed by atoms with Crippen LogP contribution >= 0.6 is 0 Å². The summed E-state index contributed by atoms with van der Waals surface area (Å²) in [5, 5.41) is 6.50. The molecule has 0 radical (unpaired) electrons. The van der Waals surface area contributed by atoms with Crippen LogP contribution in [0.1, 0.15) is 33.6 Å². The average molecular weight is 196 g/mol. The highest BCUT2D eigenvalue weighted by Gasteiger charge is 2.47. The van der Waals surface area contributed by atoms with Gasteiger partial charge in [0, 0.05) is 24.5 Å². The predicted molar refractivity (Wildman–Crippen MR) is 55.9 cm³/mol. The number of carbonyl (C=O) groups is 1. The van der Waals surface area contributed by atoms with Gasteiger partial charge < -0.3 is 10.6 Å². The van der Waals surface area contributed by atoms with Crippen LogP contribution in [0, 0.1) is 10.8 Å². The molecule has 0 aromatic rings. The number of hydrogen-bond donors (Lipinski definition) is 2. The summed E-state index contributed by atoms with van der Waals surface area (Å²) in [4.78, 5) is 11.8. The lowest BCUT2D eigenvalue weighted by molar-refractivity contribution is -0.126. The summed E-state index contributed by atoms with van der Waals surface area (Å²) in [6.45, 7) is 8.36. The molecule has 1 amide bonds. The van der Waals surface area contributed by atoms with E-state index in [1.54, 1.807) is 0 Å². The molecule has 2 fully saturated rings. The van der Waals surface area contributed by atoms with Crippen LogP contribution in [0.4, 0.5) is 0 Å². The Bertz CT molecular complexity index is 256. The second kappa shape index (κ2) is 2.96. The molecule has 2 aliphatic rings. The number of rotatable bonds is 2. The van der Waals surface area contributed by atoms with Crippen molar-refractivity contribution < 1.29 is 4.79 Å². The van der Waals surface area contributed by atoms with Crippen LogP contribution in [0.15, 0.2) is 0 Å². The van der Waals surface area contributed by atoms with Crippen LogP contribution in [0.2, 0.25) is 0 Å². The van der Waals surface area contributed by atoms with Gasteiger partial charge in [0.25, 0.3) is 0 Å². The highest BCUT2D eigenvalue weighted by molar-refractivity contribution is 5.85. The van der Waals surface area contributed by atoms with E-state index >= 15 is 0 Å². The maximum absolute atomic E-state index is 11.8. The molecular weight excluding hydrogens is 176 g/mol. The van der Waals surface area contributed by atoms with E-state index in [9.17, 15) is 4.79 Å². The van der Waals surface area contributed by atoms with Gasteiger partial charge in [0.1, 0.15) is 0 Å². The highest BCUT2D eigenvalue weighted by atomic mass is 16.2. The summed E-state index contributed by atoms with van der Waals surface area (Å²) < 4.78 is 0. The normalized spacial score (nSPS) is 32.6. The van der Waals surface area contributed by atoms with E-state index in [0.29, 0.717) is 6.04 Å². The molecule has 3 heteroatoms. The van der Waals surface area contributed by atoms with Crippen molar-refractivity contribution in [1.82, 2.24) is 10.6 Å². The standard InChI is InChI=1S/C11H20N2O/c1-10(2)7-12-6-8(10)13-9(14)11(3)4-5-11/h8,12H,4-7H2,1-3H3,(H,13,14). The van der Waals surface area contributed by atoms with Crippen molar-refractivity contribution in [2.75, 3.05) is 13.1 Å². The minimum Gasteiger partial charge on any atom is -0.351 e. The Morgan fingerprint density at radius 2 is 2.00 bits per heavy atom. The van der Waals surface area contributed by atoms with Crippen molar-refractivity contribution in [2.45, 2.75) is 39.7 Å². The monoisotopic (exact) mass is 196 g/mol. The van der Waals surface area contributed by atoms with Crippen LogP contribution in [-0.4, -0.2) is 25.0 Å². The molecule has 1 heterocycles. The van der Waals surface area contributed by atoms with Crippen molar-refractivity contribution in [3.05, 3.63) is 0 Å². The highest BCUT2D eigenvalue weighted by Crippen LogP contribution is 2.45. The average Bonchev–Trinajstić information content (AvgIpc) is 2.75. The molecule has 1 atom stereocenters. The Morgan fingerprint density at radius 3 is 2.43 bits per heavy atom. The Kier molecular flexibility index (Phi) is 2.11. The van der Waals surface area contributed by atoms with Gasteiger partial charge in [-0.25, -0.2) is 0 Å². The molecular formula is C11H20N2O. The van der Waals surface area contributed by atoms with Gasteiger partial charge in [0.2, 0.25) is 5.91 Å². The van der Waals surface area contributed by atoms with Gasteiger partial charge in [-0.3, -0.25) is 4.79 Å². The maximum Gasteiger partial charge on any atom is 0.226 e. The summed E-state index contributed by atoms with van der Waals surface area (Å²) >= 11 is 0. The topological polar surface area (TPSA) is 41.1 Å². The van der Waals surface area contributed by atoms with Gasteiger partial charge in [0.05, 0.1) is 0 Å². The zero-order chi connectivity index (χ0) is 10.4. The summed E-state index contributed by atoms with van der Waals surface area (Å²) in [5.74, 6) is 0.249. The maximum atomic E-state index is 11.8. The third-order valence-corrected chi connectivity index (χ3v) is 3.73. The Hall–Kier alpha value is -0.570. The number of carbonyl (C=O) groups excluding carboxylic acids is 1. The molecule has 80 valence electrons. The molecule has 1 saturated carbocycles. The Morgan fingerprint density at radius 1 is 1.36 bits per heavy atom. The predicted octanol–water partition coefficient (Wildman–Crippen LogP) is 0.901. The summed E-state index contributed by atoms with van der Waals surface area (Å²) in [6.07, 6.45) is 2.11. The van der Waals surface area contributed by atoms with Crippen molar-refractivity contribution >= 4 is 5.91 Å². The van der Waals surface area contributed by atoms with Crippen LogP contribution in [0.5, 0.6) is 0 Å². The Balaban J connectivity index is 1.94. The lowest BCUT2D eigenvalue weighted by Crippen LogP contribution is -2.46. The lowest BCUT2D eigenvalue weighted by atomic mass is 9.87. The molecule has 1 saturated heterocycles. The minimum absolute atomic E-state index is 0.0430. The molecule has 0 aromatic heterocycles. The second-order valence-corrected chi connectivity index (χ2v) is 5.71. The van der Waals surface area contributed by atoms with E-state index in [-0.39, 0.29) is 16.7 Å². The van der Waals surface area contributed by atoms with Crippen LogP contribution in [0.3, 0.4) is 0 Å². The van der Waals surface area contributed by atoms with Gasteiger partial charge >= 0.3 is 0 Å². The third kappa shape index (κ3) is 1.65. The van der Waals surface area contributed by atoms with Gasteiger partial charge in [-0.2, -0.15) is 0 Å². The molecule has 2 rings (SSSR count). The lowest BCUT2D eigenvalue weighted by Gasteiger charge is -2.27. The van der Waals surface area contributed by atoms with Gasteiger partial charge in [-0.1, -0.05) is 20.8 Å². The first-order chi connectivity index (χ1) is 6.44. The Labute approximate surface area is 85.6 Å². The summed E-state index contributed by atoms with van der Waals surface area (Å²) in [5.41, 5.74) is 0.152. The van der Waals surface area contributed by atoms with Crippen molar-refractivity contribution in [2.24, 2.45) is 10.8 Å². The van der Waals surface area contributed by atoms with E-state index in [0.717, 1.165) is 25.9 Å². The first-order valence-corrected chi connectivity index (χ1v) is 5.46. The SMILES string of the molecule is CC1(C(=O)NC2CNCC2(C)C)CC1. The fraction of sp³-hybridized carbons (Fsp3) is 0.909. The van der Waals surface area contributed by atoms with Crippen molar-refractivity contribution in [3.8, 4) is 0 Å². The van der Waals surface area contributed by atoms with Gasteiger partial charge in [-0.05, 0) is 18.3 Å². The van der Waals surface area contributed by atoms with E-state index in [4.69, 9.17) is 0 Å². The molecule has 0 spiro atoms. The summed E-state index contributed by atoms with van der Waals surface area (Å²) in [7, 11) is 0. The molecule has 0 bridgehead atoms. The van der Waals surface area contributed by atoms with E-state index in [2.05, 4.69) is 31.4 Å². The van der Waals surface area contributed by atoms with Crippen molar-refractivity contribution in [1.29, 1.82) is 0 Å². The molecule has 1 aliphatic carbocycles. The first kappa shape index (κ1) is 9.97. The second-order valence-electron chi connectivity index (χ2n) is 5.71. The fourth-order valence-electron chi connectivity index (χ4n) is 1.93. The molecule has 1 aliphatic heterocycles. The zero-order valence-corrected chi connectivity index (χ0v) is 9.31. The quantitative estimate of drug-likeness (QED) is 0.689. The molecule has 14 heavy (non-hydrogen) atoms. The van der Waals surface area contributed by atoms with Crippen LogP contribution < -0.4 is 10.6 Å². The van der Waals surface area contributed by atoms with E-state index in [1.807, 2.05) is 0 Å². The molecule has 1 unspecified atom stereocenters. The molecule has 0 aromatic carbocycles. The van der Waals surface area contributed by atoms with E-state index in [1.165, 1.54) is 0 Å². The van der Waals surface area contributed by atoms with Gasteiger partial charge in [-0.15, -0.1) is 0 Å². The van der Waals surface area contributed by atoms with Crippen LogP contribution in [-0.2, 0) is 4.79 Å². The number of amides is 1. The zero-order valence-electron chi connectivity index (χ0n) is 9.31. The molecule has 3 nitrogen and oxygen atoms in total. The van der Waals surface area contributed by atoms with Crippen LogP contribution in [0.25, 0.3) is 0 Å². The van der Waals surface area contributed by atoms with E-state index < -0.39 is 0 Å². The largest absolute Gasteiger partial charge is 0.351 e. The number of nitrogens with one attached hydrogen (secondary N) is 2. The first-order valence-electron chi connectivity index (χ1n) is 5.46. The number of hydrogen-bond acceptors (Lipinski definition) is 2. The fourth-order valence-corrected chi connectivity index (χ4v) is 1.93.